The maximum absolute atomic E-state index is 13.2. The summed E-state index contributed by atoms with van der Waals surface area (Å²) in [6.07, 6.45) is 38.7. The van der Waals surface area contributed by atoms with E-state index in [1.807, 2.05) is 0 Å². The monoisotopic (exact) mass is 626 g/mol. The molecule has 2 rings (SSSR count). The summed E-state index contributed by atoms with van der Waals surface area (Å²) in [5.74, 6) is 0. The topological polar surface area (TPSA) is 37.0 Å². The third-order valence-corrected chi connectivity index (χ3v) is 11.0. The molecule has 1 aliphatic heterocycles. The largest absolute Gasteiger partial charge is 0.341 e. The standard InChI is InChI=1S/C42H76N2O/c1-4-7-10-13-16-19-22-28-33-41(34-29-23-20-17-14-11-8-5-2,35-30-24-21-18-15-12-9-6-3)42(45,44-37-36-43-39-44)38-40-31-26-25-27-32-40/h25-27,31-32,39,45H,4-24,28-30,33-38H2,1-3H3/p+1. The van der Waals surface area contributed by atoms with Gasteiger partial charge in [0, 0.05) is 0 Å². The fourth-order valence-electron chi connectivity index (χ4n) is 8.06. The van der Waals surface area contributed by atoms with Crippen molar-refractivity contribution in [1.29, 1.82) is 0 Å². The molecule has 0 aliphatic carbocycles. The van der Waals surface area contributed by atoms with Gasteiger partial charge in [-0.2, -0.15) is 0 Å². The van der Waals surface area contributed by atoms with Gasteiger partial charge in [0.05, 0.1) is 18.4 Å². The number of benzene rings is 1. The van der Waals surface area contributed by atoms with Crippen LogP contribution in [0.2, 0.25) is 0 Å². The summed E-state index contributed by atoms with van der Waals surface area (Å²) in [4.78, 5) is 5.93. The van der Waals surface area contributed by atoms with Gasteiger partial charge in [0.15, 0.2) is 6.34 Å². The highest BCUT2D eigenvalue weighted by Gasteiger charge is 2.56. The Morgan fingerprint density at radius 2 is 0.933 bits per heavy atom. The number of nitrogens with zero attached hydrogens (tertiary/aromatic N) is 1. The van der Waals surface area contributed by atoms with Crippen LogP contribution < -0.4 is 4.90 Å². The van der Waals surface area contributed by atoms with E-state index in [9.17, 15) is 5.11 Å². The van der Waals surface area contributed by atoms with Gasteiger partial charge in [-0.05, 0) is 24.8 Å². The SMILES string of the molecule is CCCCCCCCCCC(CCCCCCCCCC)(CCCCCCCCCC)C(O)(Cc1ccccc1)[NH+]1C=NCC1. The predicted molar refractivity (Wildman–Crippen MR) is 198 cm³/mol. The van der Waals surface area contributed by atoms with Crippen molar-refractivity contribution in [2.24, 2.45) is 10.4 Å². The number of nitrogens with one attached hydrogen (secondary N) is 1. The van der Waals surface area contributed by atoms with Crippen LogP contribution >= 0.6 is 0 Å². The minimum atomic E-state index is -0.808. The molecule has 3 nitrogen and oxygen atoms in total. The summed E-state index contributed by atoms with van der Waals surface area (Å²) < 4.78 is 0. The molecule has 0 amide bonds. The van der Waals surface area contributed by atoms with Crippen molar-refractivity contribution in [3.05, 3.63) is 35.9 Å². The van der Waals surface area contributed by atoms with Gasteiger partial charge in [-0.15, -0.1) is 0 Å². The van der Waals surface area contributed by atoms with Crippen LogP contribution in [0.5, 0.6) is 0 Å². The van der Waals surface area contributed by atoms with E-state index in [1.165, 1.54) is 165 Å². The van der Waals surface area contributed by atoms with Crippen LogP contribution in [0.25, 0.3) is 0 Å². The lowest BCUT2D eigenvalue weighted by atomic mass is 9.64. The Bertz CT molecular complexity index is 773. The molecule has 2 N–H and O–H groups in total. The number of aliphatic imine (C=N–C) groups is 1. The summed E-state index contributed by atoms with van der Waals surface area (Å²) in [6.45, 7) is 8.69. The third-order valence-electron chi connectivity index (χ3n) is 11.0. The number of unbranched alkanes of at least 4 members (excludes halogenated alkanes) is 21. The van der Waals surface area contributed by atoms with Crippen molar-refractivity contribution < 1.29 is 10.0 Å². The second-order valence-corrected chi connectivity index (χ2v) is 14.8. The summed E-state index contributed by atoms with van der Waals surface area (Å²) in [6, 6.07) is 10.9. The van der Waals surface area contributed by atoms with Gasteiger partial charge in [-0.1, -0.05) is 205 Å². The Morgan fingerprint density at radius 1 is 0.556 bits per heavy atom. The molecule has 1 aromatic rings. The van der Waals surface area contributed by atoms with Crippen LogP contribution in [0.4, 0.5) is 0 Å². The van der Waals surface area contributed by atoms with E-state index in [2.05, 4.69) is 57.4 Å². The smallest absolute Gasteiger partial charge is 0.214 e. The van der Waals surface area contributed by atoms with Crippen LogP contribution in [0.15, 0.2) is 35.3 Å². The molecule has 3 heteroatoms. The van der Waals surface area contributed by atoms with Gasteiger partial charge in [0.25, 0.3) is 0 Å². The minimum absolute atomic E-state index is 0.0683. The number of hydrogen-bond acceptors (Lipinski definition) is 2. The molecule has 1 aromatic carbocycles. The molecule has 0 saturated carbocycles. The van der Waals surface area contributed by atoms with E-state index in [-0.39, 0.29) is 5.41 Å². The third kappa shape index (κ3) is 16.0. The summed E-state index contributed by atoms with van der Waals surface area (Å²) in [5, 5.41) is 13.2. The fraction of sp³-hybridized carbons (Fsp3) is 0.833. The van der Waals surface area contributed by atoms with Crippen molar-refractivity contribution in [2.45, 2.75) is 206 Å². The highest BCUT2D eigenvalue weighted by molar-refractivity contribution is 5.45. The van der Waals surface area contributed by atoms with Gasteiger partial charge >= 0.3 is 0 Å². The van der Waals surface area contributed by atoms with Crippen molar-refractivity contribution >= 4 is 6.34 Å². The zero-order valence-electron chi connectivity index (χ0n) is 30.6. The maximum Gasteiger partial charge on any atom is 0.214 e. The Morgan fingerprint density at radius 3 is 1.29 bits per heavy atom. The highest BCUT2D eigenvalue weighted by Crippen LogP contribution is 2.45. The quantitative estimate of drug-likeness (QED) is 0.0791. The Hall–Kier alpha value is -1.19. The van der Waals surface area contributed by atoms with Crippen molar-refractivity contribution in [1.82, 2.24) is 0 Å². The second kappa shape index (κ2) is 25.8. The zero-order valence-corrected chi connectivity index (χ0v) is 30.6. The molecule has 0 aromatic heterocycles. The Kier molecular flexibility index (Phi) is 23.0. The van der Waals surface area contributed by atoms with E-state index < -0.39 is 5.72 Å². The van der Waals surface area contributed by atoms with Gasteiger partial charge in [-0.3, -0.25) is 4.90 Å². The minimum Gasteiger partial charge on any atom is -0.341 e. The van der Waals surface area contributed by atoms with Crippen LogP contribution in [0, 0.1) is 5.41 Å². The van der Waals surface area contributed by atoms with Crippen LogP contribution in [0.1, 0.15) is 200 Å². The Labute approximate surface area is 281 Å². The molecular weight excluding hydrogens is 548 g/mol. The van der Waals surface area contributed by atoms with Crippen LogP contribution in [-0.4, -0.2) is 30.3 Å². The molecule has 1 heterocycles. The van der Waals surface area contributed by atoms with Gasteiger partial charge in [0.1, 0.15) is 6.54 Å². The van der Waals surface area contributed by atoms with Crippen molar-refractivity contribution in [2.75, 3.05) is 13.1 Å². The number of quaternary nitrogens is 1. The number of hydrogen-bond donors (Lipinski definition) is 2. The molecule has 260 valence electrons. The average Bonchev–Trinajstić information content (AvgIpc) is 3.61. The van der Waals surface area contributed by atoms with E-state index in [0.29, 0.717) is 0 Å². The fourth-order valence-corrected chi connectivity index (χ4v) is 8.06. The van der Waals surface area contributed by atoms with Gasteiger partial charge < -0.3 is 5.11 Å². The van der Waals surface area contributed by atoms with Gasteiger partial charge in [0.2, 0.25) is 5.72 Å². The lowest BCUT2D eigenvalue weighted by Crippen LogP contribution is -3.21. The first-order valence-electron chi connectivity index (χ1n) is 20.2. The molecule has 2 atom stereocenters. The van der Waals surface area contributed by atoms with E-state index in [1.54, 1.807) is 0 Å². The summed E-state index contributed by atoms with van der Waals surface area (Å²) >= 11 is 0. The zero-order chi connectivity index (χ0) is 32.3. The predicted octanol–water partition coefficient (Wildman–Crippen LogP) is 11.4. The van der Waals surface area contributed by atoms with Crippen molar-refractivity contribution in [3.63, 3.8) is 0 Å². The molecule has 1 aliphatic rings. The summed E-state index contributed by atoms with van der Waals surface area (Å²) in [7, 11) is 0. The molecule has 0 bridgehead atoms. The molecule has 0 spiro atoms. The first-order chi connectivity index (χ1) is 22.1. The molecular formula is C42H77N2O+. The lowest BCUT2D eigenvalue weighted by Gasteiger charge is -2.49. The molecule has 0 saturated heterocycles. The molecule has 45 heavy (non-hydrogen) atoms. The number of rotatable bonds is 31. The highest BCUT2D eigenvalue weighted by atomic mass is 16.3. The summed E-state index contributed by atoms with van der Waals surface area (Å²) in [5.41, 5.74) is 0.402. The second-order valence-electron chi connectivity index (χ2n) is 14.8. The van der Waals surface area contributed by atoms with Crippen LogP contribution in [-0.2, 0) is 6.42 Å². The first kappa shape index (κ1) is 40.0. The molecule has 0 radical (unpaired) electrons. The van der Waals surface area contributed by atoms with E-state index in [4.69, 9.17) is 4.99 Å². The van der Waals surface area contributed by atoms with Crippen LogP contribution in [0.3, 0.4) is 0 Å². The number of aliphatic hydroxyl groups is 1. The lowest BCUT2D eigenvalue weighted by molar-refractivity contribution is -0.898. The maximum atomic E-state index is 13.2. The molecule has 0 fully saturated rings. The van der Waals surface area contributed by atoms with Gasteiger partial charge in [-0.25, -0.2) is 4.99 Å². The van der Waals surface area contributed by atoms with E-state index in [0.717, 1.165) is 38.8 Å². The van der Waals surface area contributed by atoms with E-state index >= 15 is 0 Å². The first-order valence-corrected chi connectivity index (χ1v) is 20.2. The Balaban J connectivity index is 2.22. The molecule has 2 unspecified atom stereocenters. The normalized spacial score (nSPS) is 16.4. The van der Waals surface area contributed by atoms with Crippen molar-refractivity contribution in [3.8, 4) is 0 Å². The average molecular weight is 626 g/mol.